The third-order valence-corrected chi connectivity index (χ3v) is 3.66. The maximum absolute atomic E-state index is 12.0. The van der Waals surface area contributed by atoms with Crippen LogP contribution in [0.5, 0.6) is 0 Å². The number of carbonyl (C=O) groups excluding carboxylic acids is 1. The van der Waals surface area contributed by atoms with E-state index in [-0.39, 0.29) is 17.2 Å². The van der Waals surface area contributed by atoms with Crippen molar-refractivity contribution in [2.24, 2.45) is 5.41 Å². The van der Waals surface area contributed by atoms with Crippen molar-refractivity contribution in [3.63, 3.8) is 0 Å². The van der Waals surface area contributed by atoms with Gasteiger partial charge in [-0.1, -0.05) is 20.8 Å². The Hall–Kier alpha value is -1.56. The molecular formula is C13H18N2O3S. The zero-order chi connectivity index (χ0) is 14.4. The van der Waals surface area contributed by atoms with Crippen molar-refractivity contribution >= 4 is 27.3 Å². The van der Waals surface area contributed by atoms with Crippen molar-refractivity contribution in [3.05, 3.63) is 23.8 Å². The summed E-state index contributed by atoms with van der Waals surface area (Å²) in [5.41, 5.74) is 1.85. The molecule has 0 spiro atoms. The second-order valence-corrected chi connectivity index (χ2v) is 7.71. The van der Waals surface area contributed by atoms with Gasteiger partial charge in [0, 0.05) is 11.4 Å². The highest BCUT2D eigenvalue weighted by atomic mass is 32.2. The van der Waals surface area contributed by atoms with Gasteiger partial charge in [-0.3, -0.25) is 9.52 Å². The summed E-state index contributed by atoms with van der Waals surface area (Å²) in [5, 5.41) is 2.83. The van der Waals surface area contributed by atoms with E-state index in [1.807, 2.05) is 20.8 Å². The summed E-state index contributed by atoms with van der Waals surface area (Å²) in [6.07, 6.45) is 1.10. The van der Waals surface area contributed by atoms with Crippen molar-refractivity contribution in [3.8, 4) is 0 Å². The maximum atomic E-state index is 12.0. The molecule has 6 heteroatoms. The summed E-state index contributed by atoms with van der Waals surface area (Å²) in [5.74, 6) is -0.317. The van der Waals surface area contributed by atoms with Crippen LogP contribution in [-0.4, -0.2) is 20.6 Å². The summed E-state index contributed by atoms with van der Waals surface area (Å²) < 4.78 is 24.9. The summed E-state index contributed by atoms with van der Waals surface area (Å²) in [6, 6.07) is 5.10. The Morgan fingerprint density at radius 1 is 1.26 bits per heavy atom. The van der Waals surface area contributed by atoms with Crippen LogP contribution in [0.4, 0.5) is 11.4 Å². The first-order chi connectivity index (χ1) is 8.58. The third kappa shape index (κ3) is 2.89. The summed E-state index contributed by atoms with van der Waals surface area (Å²) in [4.78, 5) is 12.0. The smallest absolute Gasteiger partial charge is 0.232 e. The van der Waals surface area contributed by atoms with E-state index < -0.39 is 10.0 Å². The monoisotopic (exact) mass is 282 g/mol. The minimum Gasteiger partial charge on any atom is -0.325 e. The van der Waals surface area contributed by atoms with Gasteiger partial charge in [0.15, 0.2) is 0 Å². The Bertz CT molecular complexity index is 630. The van der Waals surface area contributed by atoms with E-state index in [9.17, 15) is 13.2 Å². The fraction of sp³-hybridized carbons (Fsp3) is 0.462. The molecular weight excluding hydrogens is 264 g/mol. The molecule has 0 bridgehead atoms. The molecule has 1 atom stereocenters. The van der Waals surface area contributed by atoms with Gasteiger partial charge >= 0.3 is 0 Å². The molecule has 1 unspecified atom stereocenters. The first-order valence-corrected chi connectivity index (χ1v) is 7.90. The van der Waals surface area contributed by atoms with Crippen molar-refractivity contribution in [2.75, 3.05) is 16.3 Å². The van der Waals surface area contributed by atoms with Crippen LogP contribution < -0.4 is 10.0 Å². The van der Waals surface area contributed by atoms with Crippen LogP contribution in [0.3, 0.4) is 0 Å². The number of hydrogen-bond acceptors (Lipinski definition) is 3. The lowest BCUT2D eigenvalue weighted by Gasteiger charge is -2.25. The molecule has 1 amide bonds. The SMILES string of the molecule is CC(C)(C)C1C(=O)Nc2ccc(NS(C)(=O)=O)cc21. The van der Waals surface area contributed by atoms with Crippen molar-refractivity contribution in [2.45, 2.75) is 26.7 Å². The van der Waals surface area contributed by atoms with E-state index in [1.165, 1.54) is 0 Å². The average molecular weight is 282 g/mol. The first kappa shape index (κ1) is 13.9. The normalized spacial score (nSPS) is 18.9. The molecule has 104 valence electrons. The Morgan fingerprint density at radius 3 is 2.42 bits per heavy atom. The van der Waals surface area contributed by atoms with Crippen LogP contribution in [0.2, 0.25) is 0 Å². The second kappa shape index (κ2) is 4.23. The van der Waals surface area contributed by atoms with E-state index in [4.69, 9.17) is 0 Å². The van der Waals surface area contributed by atoms with Crippen LogP contribution in [0.1, 0.15) is 32.3 Å². The molecule has 1 heterocycles. The Kier molecular flexibility index (Phi) is 3.09. The van der Waals surface area contributed by atoms with Gasteiger partial charge in [-0.15, -0.1) is 0 Å². The largest absolute Gasteiger partial charge is 0.325 e. The standard InChI is InChI=1S/C13H18N2O3S/c1-13(2,3)11-9-7-8(15-19(4,17)18)5-6-10(9)14-12(11)16/h5-7,11,15H,1-4H3,(H,14,16). The highest BCUT2D eigenvalue weighted by molar-refractivity contribution is 7.92. The lowest BCUT2D eigenvalue weighted by Crippen LogP contribution is -2.25. The second-order valence-electron chi connectivity index (χ2n) is 5.96. The quantitative estimate of drug-likeness (QED) is 0.872. The first-order valence-electron chi connectivity index (χ1n) is 6.00. The molecule has 1 aliphatic rings. The van der Waals surface area contributed by atoms with Gasteiger partial charge in [0.25, 0.3) is 0 Å². The number of anilines is 2. The van der Waals surface area contributed by atoms with Gasteiger partial charge in [-0.2, -0.15) is 0 Å². The Balaban J connectivity index is 2.45. The third-order valence-electron chi connectivity index (χ3n) is 3.05. The molecule has 19 heavy (non-hydrogen) atoms. The topological polar surface area (TPSA) is 75.3 Å². The minimum absolute atomic E-state index is 0.0426. The molecule has 0 saturated heterocycles. The van der Waals surface area contributed by atoms with Crippen LogP contribution in [0.15, 0.2) is 18.2 Å². The molecule has 0 radical (unpaired) electrons. The Labute approximate surface area is 113 Å². The number of amides is 1. The highest BCUT2D eigenvalue weighted by Crippen LogP contribution is 2.44. The average Bonchev–Trinajstić information content (AvgIpc) is 2.49. The predicted molar refractivity (Wildman–Crippen MR) is 75.7 cm³/mol. The summed E-state index contributed by atoms with van der Waals surface area (Å²) in [7, 11) is -3.32. The van der Waals surface area contributed by atoms with E-state index in [0.717, 1.165) is 17.5 Å². The number of carbonyl (C=O) groups is 1. The predicted octanol–water partition coefficient (Wildman–Crippen LogP) is 2.14. The molecule has 2 N–H and O–H groups in total. The molecule has 0 saturated carbocycles. The number of rotatable bonds is 2. The number of hydrogen-bond donors (Lipinski definition) is 2. The minimum atomic E-state index is -3.32. The Morgan fingerprint density at radius 2 is 1.89 bits per heavy atom. The van der Waals surface area contributed by atoms with Gasteiger partial charge in [0.1, 0.15) is 0 Å². The van der Waals surface area contributed by atoms with Gasteiger partial charge < -0.3 is 5.32 Å². The molecule has 5 nitrogen and oxygen atoms in total. The van der Waals surface area contributed by atoms with Crippen molar-refractivity contribution in [1.29, 1.82) is 0 Å². The van der Waals surface area contributed by atoms with E-state index in [2.05, 4.69) is 10.0 Å². The molecule has 0 aromatic heterocycles. The maximum Gasteiger partial charge on any atom is 0.232 e. The highest BCUT2D eigenvalue weighted by Gasteiger charge is 2.39. The number of fused-ring (bicyclic) bond motifs is 1. The van der Waals surface area contributed by atoms with Crippen LogP contribution >= 0.6 is 0 Å². The number of sulfonamides is 1. The van der Waals surface area contributed by atoms with Gasteiger partial charge in [-0.25, -0.2) is 8.42 Å². The molecule has 1 aliphatic heterocycles. The fourth-order valence-electron chi connectivity index (χ4n) is 2.40. The van der Waals surface area contributed by atoms with E-state index >= 15 is 0 Å². The number of nitrogens with one attached hydrogen (secondary N) is 2. The molecule has 0 aliphatic carbocycles. The van der Waals surface area contributed by atoms with Gasteiger partial charge in [0.2, 0.25) is 15.9 Å². The lowest BCUT2D eigenvalue weighted by molar-refractivity contribution is -0.119. The van der Waals surface area contributed by atoms with E-state index in [0.29, 0.717) is 5.69 Å². The molecule has 0 fully saturated rings. The lowest BCUT2D eigenvalue weighted by atomic mass is 9.77. The van der Waals surface area contributed by atoms with Crippen molar-refractivity contribution in [1.82, 2.24) is 0 Å². The van der Waals surface area contributed by atoms with E-state index in [1.54, 1.807) is 18.2 Å². The molecule has 2 rings (SSSR count). The summed E-state index contributed by atoms with van der Waals surface area (Å²) in [6.45, 7) is 5.97. The number of benzene rings is 1. The van der Waals surface area contributed by atoms with Gasteiger partial charge in [-0.05, 0) is 29.2 Å². The zero-order valence-corrected chi connectivity index (χ0v) is 12.3. The summed E-state index contributed by atoms with van der Waals surface area (Å²) >= 11 is 0. The van der Waals surface area contributed by atoms with Crippen LogP contribution in [0, 0.1) is 5.41 Å². The van der Waals surface area contributed by atoms with Crippen molar-refractivity contribution < 1.29 is 13.2 Å². The van der Waals surface area contributed by atoms with Crippen LogP contribution in [-0.2, 0) is 14.8 Å². The fourth-order valence-corrected chi connectivity index (χ4v) is 2.95. The van der Waals surface area contributed by atoms with Crippen LogP contribution in [0.25, 0.3) is 0 Å². The molecule has 1 aromatic carbocycles. The zero-order valence-electron chi connectivity index (χ0n) is 11.4. The molecule has 1 aromatic rings. The van der Waals surface area contributed by atoms with Gasteiger partial charge in [0.05, 0.1) is 12.2 Å².